The molecule has 4 nitrogen and oxygen atoms in total. The number of carbonyl (C=O) groups is 2. The quantitative estimate of drug-likeness (QED) is 0.931. The van der Waals surface area contributed by atoms with Crippen molar-refractivity contribution in [2.75, 3.05) is 13.1 Å². The summed E-state index contributed by atoms with van der Waals surface area (Å²) in [7, 11) is 0. The number of aliphatic carboxylic acids is 1. The van der Waals surface area contributed by atoms with E-state index < -0.39 is 43.0 Å². The highest BCUT2D eigenvalue weighted by atomic mass is 19.4. The Labute approximate surface area is 125 Å². The van der Waals surface area contributed by atoms with Gasteiger partial charge in [-0.3, -0.25) is 9.59 Å². The first-order chi connectivity index (χ1) is 10.2. The third-order valence-electron chi connectivity index (χ3n) is 4.01. The topological polar surface area (TPSA) is 57.6 Å². The maximum atomic E-state index is 12.9. The van der Waals surface area contributed by atoms with Crippen LogP contribution in [0.25, 0.3) is 0 Å². The molecule has 1 saturated heterocycles. The number of nitrogens with zero attached hydrogens (tertiary/aromatic N) is 1. The average molecular weight is 315 g/mol. The first-order valence-electron chi connectivity index (χ1n) is 6.82. The standard InChI is InChI=1S/C15H16F3NO3/c1-9-4-2-3-5-10(9)6-13(20)19-7-11(14(21)22)12(8-19)15(16,17)18/h2-5,11-12H,6-8H2,1H3,(H,21,22)/t11-,12-/m1/s1. The minimum absolute atomic E-state index is 0.0242. The van der Waals surface area contributed by atoms with Crippen LogP contribution in [0.2, 0.25) is 0 Å². The summed E-state index contributed by atoms with van der Waals surface area (Å²) in [5.74, 6) is -5.60. The maximum absolute atomic E-state index is 12.9. The number of likely N-dealkylation sites (tertiary alicyclic amines) is 1. The number of amides is 1. The fourth-order valence-corrected chi connectivity index (χ4v) is 2.67. The molecular weight excluding hydrogens is 299 g/mol. The average Bonchev–Trinajstić information content (AvgIpc) is 2.86. The molecule has 1 aliphatic rings. The van der Waals surface area contributed by atoms with E-state index in [0.29, 0.717) is 0 Å². The summed E-state index contributed by atoms with van der Waals surface area (Å²) in [6, 6.07) is 7.10. The largest absolute Gasteiger partial charge is 0.481 e. The Hall–Kier alpha value is -2.05. The minimum atomic E-state index is -4.62. The number of halogens is 3. The van der Waals surface area contributed by atoms with Crippen molar-refractivity contribution >= 4 is 11.9 Å². The van der Waals surface area contributed by atoms with Gasteiger partial charge >= 0.3 is 12.1 Å². The molecule has 22 heavy (non-hydrogen) atoms. The van der Waals surface area contributed by atoms with Crippen molar-refractivity contribution < 1.29 is 27.9 Å². The molecule has 2 rings (SSSR count). The zero-order chi connectivity index (χ0) is 16.5. The van der Waals surface area contributed by atoms with E-state index in [1.165, 1.54) is 0 Å². The van der Waals surface area contributed by atoms with Crippen molar-refractivity contribution in [3.63, 3.8) is 0 Å². The van der Waals surface area contributed by atoms with Crippen molar-refractivity contribution in [2.24, 2.45) is 11.8 Å². The van der Waals surface area contributed by atoms with Gasteiger partial charge in [0.25, 0.3) is 0 Å². The molecule has 1 aromatic carbocycles. The van der Waals surface area contributed by atoms with Gasteiger partial charge in [-0.25, -0.2) is 0 Å². The molecule has 0 unspecified atom stereocenters. The molecule has 7 heteroatoms. The van der Waals surface area contributed by atoms with Gasteiger partial charge in [0.2, 0.25) is 5.91 Å². The Bertz CT molecular complexity index is 586. The van der Waals surface area contributed by atoms with E-state index in [0.717, 1.165) is 16.0 Å². The third kappa shape index (κ3) is 3.40. The number of aryl methyl sites for hydroxylation is 1. The fourth-order valence-electron chi connectivity index (χ4n) is 2.67. The lowest BCUT2D eigenvalue weighted by atomic mass is 9.96. The van der Waals surface area contributed by atoms with E-state index in [1.54, 1.807) is 18.2 Å². The van der Waals surface area contributed by atoms with Gasteiger partial charge in [-0.1, -0.05) is 24.3 Å². The summed E-state index contributed by atoms with van der Waals surface area (Å²) in [6.07, 6.45) is -4.65. The molecule has 1 aliphatic heterocycles. The number of carboxylic acid groups (broad SMARTS) is 1. The van der Waals surface area contributed by atoms with E-state index in [9.17, 15) is 22.8 Å². The van der Waals surface area contributed by atoms with Crippen LogP contribution in [-0.2, 0) is 16.0 Å². The van der Waals surface area contributed by atoms with Gasteiger partial charge < -0.3 is 10.0 Å². The Balaban J connectivity index is 2.12. The van der Waals surface area contributed by atoms with Crippen LogP contribution in [0.1, 0.15) is 11.1 Å². The number of benzene rings is 1. The van der Waals surface area contributed by atoms with Crippen LogP contribution in [0.15, 0.2) is 24.3 Å². The summed E-state index contributed by atoms with van der Waals surface area (Å²) in [4.78, 5) is 24.2. The molecule has 120 valence electrons. The fraction of sp³-hybridized carbons (Fsp3) is 0.467. The van der Waals surface area contributed by atoms with Crippen molar-refractivity contribution in [2.45, 2.75) is 19.5 Å². The van der Waals surface area contributed by atoms with Gasteiger partial charge in [0.15, 0.2) is 0 Å². The van der Waals surface area contributed by atoms with Gasteiger partial charge in [0, 0.05) is 13.1 Å². The van der Waals surface area contributed by atoms with E-state index in [1.807, 2.05) is 13.0 Å². The lowest BCUT2D eigenvalue weighted by Gasteiger charge is -2.18. The van der Waals surface area contributed by atoms with Gasteiger partial charge in [0.05, 0.1) is 18.3 Å². The molecule has 1 N–H and O–H groups in total. The second kappa shape index (κ2) is 5.98. The first-order valence-corrected chi connectivity index (χ1v) is 6.82. The number of alkyl halides is 3. The minimum Gasteiger partial charge on any atom is -0.481 e. The van der Waals surface area contributed by atoms with Crippen LogP contribution in [0, 0.1) is 18.8 Å². The molecule has 1 amide bonds. The SMILES string of the molecule is Cc1ccccc1CC(=O)N1C[C@@H](C(F)(F)F)[C@H](C(=O)O)C1. The second-order valence-corrected chi connectivity index (χ2v) is 5.49. The predicted molar refractivity (Wildman–Crippen MR) is 72.1 cm³/mol. The number of hydrogen-bond donors (Lipinski definition) is 1. The summed E-state index contributed by atoms with van der Waals surface area (Å²) in [5.41, 5.74) is 1.60. The summed E-state index contributed by atoms with van der Waals surface area (Å²) in [5, 5.41) is 8.94. The number of hydrogen-bond acceptors (Lipinski definition) is 2. The first kappa shape index (κ1) is 16.3. The zero-order valence-corrected chi connectivity index (χ0v) is 11.9. The van der Waals surface area contributed by atoms with Gasteiger partial charge in [-0.2, -0.15) is 13.2 Å². The van der Waals surface area contributed by atoms with Crippen LogP contribution in [0.5, 0.6) is 0 Å². The van der Waals surface area contributed by atoms with Crippen molar-refractivity contribution in [3.8, 4) is 0 Å². The van der Waals surface area contributed by atoms with Crippen LogP contribution in [-0.4, -0.2) is 41.1 Å². The zero-order valence-electron chi connectivity index (χ0n) is 11.9. The smallest absolute Gasteiger partial charge is 0.394 e. The van der Waals surface area contributed by atoms with E-state index in [2.05, 4.69) is 0 Å². The number of carbonyl (C=O) groups excluding carboxylic acids is 1. The lowest BCUT2D eigenvalue weighted by Crippen LogP contribution is -2.34. The Morgan fingerprint density at radius 3 is 2.41 bits per heavy atom. The van der Waals surface area contributed by atoms with Crippen LogP contribution >= 0.6 is 0 Å². The number of carboxylic acids is 1. The maximum Gasteiger partial charge on any atom is 0.394 e. The molecule has 0 saturated carbocycles. The summed E-state index contributed by atoms with van der Waals surface area (Å²) in [6.45, 7) is 0.820. The summed E-state index contributed by atoms with van der Waals surface area (Å²) < 4.78 is 38.7. The van der Waals surface area contributed by atoms with Gasteiger partial charge in [-0.05, 0) is 18.1 Å². The van der Waals surface area contributed by atoms with Crippen LogP contribution in [0.4, 0.5) is 13.2 Å². The molecule has 1 heterocycles. The van der Waals surface area contributed by atoms with Crippen molar-refractivity contribution in [1.29, 1.82) is 0 Å². The molecule has 1 fully saturated rings. The van der Waals surface area contributed by atoms with Crippen molar-refractivity contribution in [1.82, 2.24) is 4.90 Å². The molecular formula is C15H16F3NO3. The van der Waals surface area contributed by atoms with Crippen LogP contribution < -0.4 is 0 Å². The van der Waals surface area contributed by atoms with E-state index in [-0.39, 0.29) is 6.42 Å². The van der Waals surface area contributed by atoms with E-state index >= 15 is 0 Å². The highest BCUT2D eigenvalue weighted by Gasteiger charge is 2.53. The molecule has 0 aromatic heterocycles. The van der Waals surface area contributed by atoms with Crippen LogP contribution in [0.3, 0.4) is 0 Å². The molecule has 0 bridgehead atoms. The Morgan fingerprint density at radius 1 is 1.27 bits per heavy atom. The second-order valence-electron chi connectivity index (χ2n) is 5.49. The summed E-state index contributed by atoms with van der Waals surface area (Å²) >= 11 is 0. The van der Waals surface area contributed by atoms with Gasteiger partial charge in [-0.15, -0.1) is 0 Å². The Morgan fingerprint density at radius 2 is 1.91 bits per heavy atom. The predicted octanol–water partition coefficient (Wildman–Crippen LogP) is 2.26. The molecule has 0 spiro atoms. The van der Waals surface area contributed by atoms with E-state index in [4.69, 9.17) is 5.11 Å². The lowest BCUT2D eigenvalue weighted by molar-refractivity contribution is -0.188. The highest BCUT2D eigenvalue weighted by molar-refractivity contribution is 5.81. The monoisotopic (exact) mass is 315 g/mol. The van der Waals surface area contributed by atoms with Crippen molar-refractivity contribution in [3.05, 3.63) is 35.4 Å². The Kier molecular flexibility index (Phi) is 4.44. The van der Waals surface area contributed by atoms with Gasteiger partial charge in [0.1, 0.15) is 0 Å². The molecule has 0 radical (unpaired) electrons. The highest BCUT2D eigenvalue weighted by Crippen LogP contribution is 2.37. The molecule has 1 aromatic rings. The normalized spacial score (nSPS) is 21.9. The molecule has 0 aliphatic carbocycles. The molecule has 2 atom stereocenters. The third-order valence-corrected chi connectivity index (χ3v) is 4.01. The number of rotatable bonds is 3.